The Kier molecular flexibility index (Phi) is 5.98. The van der Waals surface area contributed by atoms with Crippen molar-refractivity contribution in [2.75, 3.05) is 12.8 Å². The molecule has 0 unspecified atom stereocenters. The van der Waals surface area contributed by atoms with E-state index in [9.17, 15) is 14.4 Å². The van der Waals surface area contributed by atoms with Crippen molar-refractivity contribution in [1.82, 2.24) is 5.32 Å². The summed E-state index contributed by atoms with van der Waals surface area (Å²) in [5.41, 5.74) is 6.02. The van der Waals surface area contributed by atoms with Gasteiger partial charge in [-0.1, -0.05) is 11.6 Å². The van der Waals surface area contributed by atoms with E-state index in [0.717, 1.165) is 0 Å². The molecule has 8 heteroatoms. The molecule has 1 rings (SSSR count). The standard InChI is InChI=1S/C13H15ClN2O5/c1-21-11(17)5-4-10(13(19)20)16-12(18)7-2-3-9(15)8(14)6-7/h2-3,6,10H,4-5,15H2,1H3,(H,16,18)(H,19,20)/t10-/m0/s1. The number of carboxylic acid groups (broad SMARTS) is 1. The first-order chi connectivity index (χ1) is 9.85. The number of esters is 1. The largest absolute Gasteiger partial charge is 0.480 e. The van der Waals surface area contributed by atoms with E-state index < -0.39 is 23.9 Å². The highest BCUT2D eigenvalue weighted by Gasteiger charge is 2.22. The van der Waals surface area contributed by atoms with Crippen molar-refractivity contribution in [2.24, 2.45) is 0 Å². The predicted molar refractivity (Wildman–Crippen MR) is 76.0 cm³/mol. The molecule has 0 spiro atoms. The van der Waals surface area contributed by atoms with Crippen LogP contribution >= 0.6 is 11.6 Å². The van der Waals surface area contributed by atoms with E-state index >= 15 is 0 Å². The number of benzene rings is 1. The van der Waals surface area contributed by atoms with Crippen molar-refractivity contribution >= 4 is 35.1 Å². The Balaban J connectivity index is 2.74. The van der Waals surface area contributed by atoms with E-state index in [1.807, 2.05) is 0 Å². The number of amides is 1. The third-order valence-electron chi connectivity index (χ3n) is 2.73. The van der Waals surface area contributed by atoms with Gasteiger partial charge in [0.25, 0.3) is 5.91 Å². The fraction of sp³-hybridized carbons (Fsp3) is 0.308. The summed E-state index contributed by atoms with van der Waals surface area (Å²) < 4.78 is 4.42. The maximum absolute atomic E-state index is 11.9. The molecular weight excluding hydrogens is 300 g/mol. The van der Waals surface area contributed by atoms with Crippen LogP contribution in [0.5, 0.6) is 0 Å². The molecule has 4 N–H and O–H groups in total. The molecule has 1 atom stereocenters. The lowest BCUT2D eigenvalue weighted by atomic mass is 10.1. The van der Waals surface area contributed by atoms with E-state index in [1.54, 1.807) is 0 Å². The average molecular weight is 315 g/mol. The van der Waals surface area contributed by atoms with Crippen LogP contribution in [0.15, 0.2) is 18.2 Å². The molecule has 0 heterocycles. The molecule has 0 aliphatic heterocycles. The van der Waals surface area contributed by atoms with Gasteiger partial charge in [-0.3, -0.25) is 9.59 Å². The number of hydrogen-bond donors (Lipinski definition) is 3. The van der Waals surface area contributed by atoms with Gasteiger partial charge in [0.15, 0.2) is 0 Å². The van der Waals surface area contributed by atoms with Crippen LogP contribution in [-0.4, -0.2) is 36.1 Å². The highest BCUT2D eigenvalue weighted by molar-refractivity contribution is 6.33. The number of nitrogen functional groups attached to an aromatic ring is 1. The second-order valence-corrected chi connectivity index (χ2v) is 4.62. The van der Waals surface area contributed by atoms with Gasteiger partial charge in [0.1, 0.15) is 6.04 Å². The Morgan fingerprint density at radius 2 is 2.10 bits per heavy atom. The molecule has 0 bridgehead atoms. The number of nitrogens with two attached hydrogens (primary N) is 1. The van der Waals surface area contributed by atoms with Crippen LogP contribution in [0.25, 0.3) is 0 Å². The maximum atomic E-state index is 11.9. The summed E-state index contributed by atoms with van der Waals surface area (Å²) >= 11 is 5.80. The Hall–Kier alpha value is -2.28. The molecule has 0 aromatic heterocycles. The van der Waals surface area contributed by atoms with Crippen molar-refractivity contribution < 1.29 is 24.2 Å². The Morgan fingerprint density at radius 3 is 2.62 bits per heavy atom. The van der Waals surface area contributed by atoms with Gasteiger partial charge < -0.3 is 20.9 Å². The molecule has 7 nitrogen and oxygen atoms in total. The number of anilines is 1. The molecule has 1 amide bonds. The van der Waals surface area contributed by atoms with E-state index in [1.165, 1.54) is 25.3 Å². The Morgan fingerprint density at radius 1 is 1.43 bits per heavy atom. The molecule has 0 fully saturated rings. The summed E-state index contributed by atoms with van der Waals surface area (Å²) in [5, 5.41) is 11.6. The molecule has 21 heavy (non-hydrogen) atoms. The third kappa shape index (κ3) is 4.96. The number of carboxylic acids is 1. The fourth-order valence-electron chi connectivity index (χ4n) is 1.53. The molecule has 0 aliphatic carbocycles. The number of ether oxygens (including phenoxy) is 1. The molecule has 114 valence electrons. The number of hydrogen-bond acceptors (Lipinski definition) is 5. The quantitative estimate of drug-likeness (QED) is 0.533. The van der Waals surface area contributed by atoms with Gasteiger partial charge in [-0.25, -0.2) is 4.79 Å². The summed E-state index contributed by atoms with van der Waals surface area (Å²) in [6.45, 7) is 0. The lowest BCUT2D eigenvalue weighted by molar-refractivity contribution is -0.142. The second-order valence-electron chi connectivity index (χ2n) is 4.22. The van der Waals surface area contributed by atoms with E-state index in [4.69, 9.17) is 22.4 Å². The zero-order valence-corrected chi connectivity index (χ0v) is 12.0. The summed E-state index contributed by atoms with van der Waals surface area (Å²) in [6, 6.07) is 3.01. The molecule has 0 saturated heterocycles. The van der Waals surface area contributed by atoms with Gasteiger partial charge in [-0.05, 0) is 24.6 Å². The van der Waals surface area contributed by atoms with Crippen LogP contribution < -0.4 is 11.1 Å². The first kappa shape index (κ1) is 16.8. The lowest BCUT2D eigenvalue weighted by Crippen LogP contribution is -2.41. The van der Waals surface area contributed by atoms with Crippen LogP contribution in [0.3, 0.4) is 0 Å². The zero-order valence-electron chi connectivity index (χ0n) is 11.3. The topological polar surface area (TPSA) is 119 Å². The minimum atomic E-state index is -1.24. The number of rotatable bonds is 6. The Labute approximate surface area is 126 Å². The second kappa shape index (κ2) is 7.49. The maximum Gasteiger partial charge on any atom is 0.326 e. The van der Waals surface area contributed by atoms with E-state index in [2.05, 4.69) is 10.1 Å². The van der Waals surface area contributed by atoms with Crippen LogP contribution in [0.4, 0.5) is 5.69 Å². The summed E-state index contributed by atoms with van der Waals surface area (Å²) in [6.07, 6.45) is -0.188. The number of methoxy groups -OCH3 is 1. The van der Waals surface area contributed by atoms with Gasteiger partial charge in [0.05, 0.1) is 17.8 Å². The SMILES string of the molecule is COC(=O)CC[C@H](NC(=O)c1ccc(N)c(Cl)c1)C(=O)O. The molecule has 1 aromatic rings. The fourth-order valence-corrected chi connectivity index (χ4v) is 1.71. The van der Waals surface area contributed by atoms with E-state index in [0.29, 0.717) is 5.69 Å². The summed E-state index contributed by atoms with van der Waals surface area (Å²) in [4.78, 5) is 34.0. The third-order valence-corrected chi connectivity index (χ3v) is 3.06. The number of aliphatic carboxylic acids is 1. The molecule has 0 radical (unpaired) electrons. The van der Waals surface area contributed by atoms with Crippen LogP contribution in [0.1, 0.15) is 23.2 Å². The average Bonchev–Trinajstić information content (AvgIpc) is 2.45. The molecule has 0 aliphatic rings. The molecular formula is C13H15ClN2O5. The van der Waals surface area contributed by atoms with Crippen LogP contribution in [0.2, 0.25) is 5.02 Å². The number of halogens is 1. The first-order valence-corrected chi connectivity index (χ1v) is 6.38. The van der Waals surface area contributed by atoms with Crippen molar-refractivity contribution in [2.45, 2.75) is 18.9 Å². The number of carbonyl (C=O) groups is 3. The van der Waals surface area contributed by atoms with Crippen LogP contribution in [0, 0.1) is 0 Å². The van der Waals surface area contributed by atoms with Crippen molar-refractivity contribution in [3.05, 3.63) is 28.8 Å². The van der Waals surface area contributed by atoms with Crippen molar-refractivity contribution in [1.29, 1.82) is 0 Å². The highest BCUT2D eigenvalue weighted by Crippen LogP contribution is 2.19. The number of nitrogens with one attached hydrogen (secondary N) is 1. The van der Waals surface area contributed by atoms with Crippen molar-refractivity contribution in [3.8, 4) is 0 Å². The van der Waals surface area contributed by atoms with Crippen LogP contribution in [-0.2, 0) is 14.3 Å². The van der Waals surface area contributed by atoms with Gasteiger partial charge in [-0.15, -0.1) is 0 Å². The minimum absolute atomic E-state index is 0.0730. The summed E-state index contributed by atoms with van der Waals surface area (Å²) in [7, 11) is 1.20. The van der Waals surface area contributed by atoms with Gasteiger partial charge in [0, 0.05) is 12.0 Å². The smallest absolute Gasteiger partial charge is 0.326 e. The minimum Gasteiger partial charge on any atom is -0.480 e. The predicted octanol–water partition coefficient (Wildman–Crippen LogP) is 1.06. The molecule has 0 saturated carbocycles. The van der Waals surface area contributed by atoms with Gasteiger partial charge >= 0.3 is 11.9 Å². The lowest BCUT2D eigenvalue weighted by Gasteiger charge is -2.14. The Bertz CT molecular complexity index is 561. The monoisotopic (exact) mass is 314 g/mol. The number of carbonyl (C=O) groups excluding carboxylic acids is 2. The van der Waals surface area contributed by atoms with Gasteiger partial charge in [0.2, 0.25) is 0 Å². The molecule has 1 aromatic carbocycles. The summed E-state index contributed by atoms with van der Waals surface area (Å²) in [5.74, 6) is -2.41. The van der Waals surface area contributed by atoms with Crippen molar-refractivity contribution in [3.63, 3.8) is 0 Å². The normalized spacial score (nSPS) is 11.5. The zero-order chi connectivity index (χ0) is 16.0. The first-order valence-electron chi connectivity index (χ1n) is 6.00. The van der Waals surface area contributed by atoms with Gasteiger partial charge in [-0.2, -0.15) is 0 Å². The highest BCUT2D eigenvalue weighted by atomic mass is 35.5. The van der Waals surface area contributed by atoms with E-state index in [-0.39, 0.29) is 23.4 Å².